The molecule has 1 aromatic carbocycles. The molecule has 0 spiro atoms. The largest absolute Gasteiger partial charge is 0.492 e. The first-order valence-corrected chi connectivity index (χ1v) is 7.14. The zero-order chi connectivity index (χ0) is 12.7. The quantitative estimate of drug-likeness (QED) is 0.464. The number of ether oxygens (including phenoxy) is 1. The van der Waals surface area contributed by atoms with Gasteiger partial charge in [-0.2, -0.15) is 0 Å². The van der Waals surface area contributed by atoms with Crippen LogP contribution in [0.1, 0.15) is 38.2 Å². The summed E-state index contributed by atoms with van der Waals surface area (Å²) in [4.78, 5) is 0. The Kier molecular flexibility index (Phi) is 7.10. The van der Waals surface area contributed by atoms with Crippen molar-refractivity contribution in [3.05, 3.63) is 27.7 Å². The molecule has 0 bridgehead atoms. The lowest BCUT2D eigenvalue weighted by Crippen LogP contribution is -2.00. The molecule has 0 atom stereocenters. The average Bonchev–Trinajstić information content (AvgIpc) is 2.30. The van der Waals surface area contributed by atoms with Crippen LogP contribution in [0.15, 0.2) is 12.1 Å². The highest BCUT2D eigenvalue weighted by Gasteiger charge is 2.09. The van der Waals surface area contributed by atoms with Gasteiger partial charge in [-0.05, 0) is 18.6 Å². The Bertz CT molecular complexity index is 353. The fraction of sp³-hybridized carbons (Fsp3) is 0.538. The molecule has 0 aliphatic heterocycles. The summed E-state index contributed by atoms with van der Waals surface area (Å²) in [6.45, 7) is 2.85. The van der Waals surface area contributed by atoms with E-state index in [4.69, 9.17) is 39.5 Å². The van der Waals surface area contributed by atoms with Crippen LogP contribution in [0.3, 0.4) is 0 Å². The average molecular weight is 296 g/mol. The van der Waals surface area contributed by atoms with Gasteiger partial charge in [0.25, 0.3) is 0 Å². The van der Waals surface area contributed by atoms with Crippen LogP contribution >= 0.6 is 34.8 Å². The molecular weight excluding hydrogens is 279 g/mol. The van der Waals surface area contributed by atoms with Crippen LogP contribution in [0.2, 0.25) is 10.0 Å². The Labute approximate surface area is 118 Å². The van der Waals surface area contributed by atoms with Gasteiger partial charge >= 0.3 is 0 Å². The van der Waals surface area contributed by atoms with E-state index < -0.39 is 0 Å². The maximum absolute atomic E-state index is 6.09. The fourth-order valence-electron chi connectivity index (χ4n) is 1.58. The molecule has 0 aliphatic carbocycles. The molecule has 0 aliphatic rings. The van der Waals surface area contributed by atoms with Gasteiger partial charge in [0, 0.05) is 10.6 Å². The minimum absolute atomic E-state index is 0.352. The number of benzene rings is 1. The highest BCUT2D eigenvalue weighted by atomic mass is 35.5. The minimum atomic E-state index is 0.352. The normalized spacial score (nSPS) is 10.6. The van der Waals surface area contributed by atoms with Crippen LogP contribution in [0.4, 0.5) is 0 Å². The van der Waals surface area contributed by atoms with E-state index in [1.807, 2.05) is 0 Å². The molecule has 0 amide bonds. The molecule has 0 saturated carbocycles. The fourth-order valence-corrected chi connectivity index (χ4v) is 2.37. The van der Waals surface area contributed by atoms with Crippen LogP contribution < -0.4 is 4.74 Å². The van der Waals surface area contributed by atoms with Crippen LogP contribution in [-0.2, 0) is 5.88 Å². The first-order chi connectivity index (χ1) is 8.19. The standard InChI is InChI=1S/C13H17Cl3O/c1-2-3-4-5-6-17-13-10(9-14)7-11(15)8-12(13)16/h7-8H,2-6,9H2,1H3. The number of hydrogen-bond donors (Lipinski definition) is 0. The maximum atomic E-state index is 6.09. The van der Waals surface area contributed by atoms with Crippen molar-refractivity contribution in [1.29, 1.82) is 0 Å². The van der Waals surface area contributed by atoms with E-state index in [1.54, 1.807) is 12.1 Å². The van der Waals surface area contributed by atoms with Gasteiger partial charge < -0.3 is 4.74 Å². The lowest BCUT2D eigenvalue weighted by molar-refractivity contribution is 0.303. The van der Waals surface area contributed by atoms with Gasteiger partial charge in [0.2, 0.25) is 0 Å². The molecule has 0 fully saturated rings. The molecule has 96 valence electrons. The second-order valence-electron chi connectivity index (χ2n) is 3.92. The Morgan fingerprint density at radius 1 is 1.12 bits per heavy atom. The van der Waals surface area contributed by atoms with E-state index in [-0.39, 0.29) is 0 Å². The third-order valence-electron chi connectivity index (χ3n) is 2.47. The van der Waals surface area contributed by atoms with E-state index >= 15 is 0 Å². The van der Waals surface area contributed by atoms with Gasteiger partial charge in [0.05, 0.1) is 17.5 Å². The summed E-state index contributed by atoms with van der Waals surface area (Å²) >= 11 is 17.8. The van der Waals surface area contributed by atoms with Gasteiger partial charge in [-0.3, -0.25) is 0 Å². The van der Waals surface area contributed by atoms with Gasteiger partial charge in [-0.1, -0.05) is 49.4 Å². The zero-order valence-electron chi connectivity index (χ0n) is 9.94. The molecule has 0 unspecified atom stereocenters. The molecule has 0 saturated heterocycles. The summed E-state index contributed by atoms with van der Waals surface area (Å²) in [5, 5.41) is 1.12. The van der Waals surface area contributed by atoms with Crippen molar-refractivity contribution in [3.63, 3.8) is 0 Å². The second kappa shape index (κ2) is 8.07. The van der Waals surface area contributed by atoms with E-state index in [9.17, 15) is 0 Å². The van der Waals surface area contributed by atoms with E-state index in [1.165, 1.54) is 19.3 Å². The molecule has 17 heavy (non-hydrogen) atoms. The Balaban J connectivity index is 2.57. The van der Waals surface area contributed by atoms with Gasteiger partial charge in [0.15, 0.2) is 0 Å². The summed E-state index contributed by atoms with van der Waals surface area (Å²) in [5.74, 6) is 1.02. The minimum Gasteiger partial charge on any atom is -0.492 e. The summed E-state index contributed by atoms with van der Waals surface area (Å²) in [5.41, 5.74) is 0.847. The Hall–Kier alpha value is -0.110. The molecule has 0 aromatic heterocycles. The van der Waals surface area contributed by atoms with Crippen molar-refractivity contribution in [1.82, 2.24) is 0 Å². The van der Waals surface area contributed by atoms with Gasteiger partial charge in [-0.15, -0.1) is 11.6 Å². The lowest BCUT2D eigenvalue weighted by Gasteiger charge is -2.12. The molecule has 0 radical (unpaired) electrons. The molecule has 4 heteroatoms. The van der Waals surface area contributed by atoms with Crippen LogP contribution in [0, 0.1) is 0 Å². The van der Waals surface area contributed by atoms with E-state index in [0.29, 0.717) is 28.3 Å². The first kappa shape index (κ1) is 14.9. The number of hydrogen-bond acceptors (Lipinski definition) is 1. The van der Waals surface area contributed by atoms with Crippen LogP contribution in [0.25, 0.3) is 0 Å². The smallest absolute Gasteiger partial charge is 0.142 e. The van der Waals surface area contributed by atoms with E-state index in [2.05, 4.69) is 6.92 Å². The van der Waals surface area contributed by atoms with Crippen molar-refractivity contribution < 1.29 is 4.74 Å². The summed E-state index contributed by atoms with van der Waals surface area (Å²) < 4.78 is 5.69. The number of alkyl halides is 1. The van der Waals surface area contributed by atoms with Crippen LogP contribution in [0.5, 0.6) is 5.75 Å². The molecule has 1 rings (SSSR count). The second-order valence-corrected chi connectivity index (χ2v) is 5.03. The Morgan fingerprint density at radius 2 is 1.88 bits per heavy atom. The molecule has 0 heterocycles. The van der Waals surface area contributed by atoms with Crippen molar-refractivity contribution in [3.8, 4) is 5.75 Å². The van der Waals surface area contributed by atoms with Gasteiger partial charge in [-0.25, -0.2) is 0 Å². The topological polar surface area (TPSA) is 9.23 Å². The maximum Gasteiger partial charge on any atom is 0.142 e. The number of unbranched alkanes of at least 4 members (excludes halogenated alkanes) is 3. The third-order valence-corrected chi connectivity index (χ3v) is 3.26. The molecule has 1 nitrogen and oxygen atoms in total. The highest BCUT2D eigenvalue weighted by molar-refractivity contribution is 6.35. The van der Waals surface area contributed by atoms with Gasteiger partial charge in [0.1, 0.15) is 5.75 Å². The number of rotatable bonds is 7. The zero-order valence-corrected chi connectivity index (χ0v) is 12.2. The summed E-state index contributed by atoms with van der Waals surface area (Å²) in [6.07, 6.45) is 4.67. The lowest BCUT2D eigenvalue weighted by atomic mass is 10.2. The Morgan fingerprint density at radius 3 is 2.53 bits per heavy atom. The predicted molar refractivity (Wildman–Crippen MR) is 75.7 cm³/mol. The summed E-state index contributed by atoms with van der Waals surface area (Å²) in [7, 11) is 0. The highest BCUT2D eigenvalue weighted by Crippen LogP contribution is 2.33. The summed E-state index contributed by atoms with van der Waals surface area (Å²) in [6, 6.07) is 3.47. The van der Waals surface area contributed by atoms with Crippen molar-refractivity contribution in [2.45, 2.75) is 38.5 Å². The molecular formula is C13H17Cl3O. The van der Waals surface area contributed by atoms with Crippen molar-refractivity contribution in [2.24, 2.45) is 0 Å². The first-order valence-electron chi connectivity index (χ1n) is 5.85. The van der Waals surface area contributed by atoms with Crippen LogP contribution in [-0.4, -0.2) is 6.61 Å². The number of halogens is 3. The predicted octanol–water partition coefficient (Wildman–Crippen LogP) is 5.69. The van der Waals surface area contributed by atoms with Crippen molar-refractivity contribution >= 4 is 34.8 Å². The monoisotopic (exact) mass is 294 g/mol. The molecule has 0 N–H and O–H groups in total. The SMILES string of the molecule is CCCCCCOc1c(Cl)cc(Cl)cc1CCl. The third kappa shape index (κ3) is 4.95. The molecule has 1 aromatic rings. The van der Waals surface area contributed by atoms with E-state index in [0.717, 1.165) is 12.0 Å². The van der Waals surface area contributed by atoms with Crippen molar-refractivity contribution in [2.75, 3.05) is 6.61 Å².